The third-order valence-corrected chi connectivity index (χ3v) is 16.1. The van der Waals surface area contributed by atoms with Gasteiger partial charge in [0, 0.05) is 31.2 Å². The van der Waals surface area contributed by atoms with Crippen LogP contribution in [-0.2, 0) is 14.3 Å². The normalized spacial score (nSPS) is 42.7. The van der Waals surface area contributed by atoms with Crippen molar-refractivity contribution in [2.24, 2.45) is 68.3 Å². The average Bonchev–Trinajstić information content (AvgIpc) is 3.42. The molecule has 0 spiro atoms. The molecule has 11 atom stereocenters. The van der Waals surface area contributed by atoms with E-state index in [1.54, 1.807) is 6.92 Å². The second kappa shape index (κ2) is 14.1. The van der Waals surface area contributed by atoms with E-state index in [1.807, 2.05) is 0 Å². The van der Waals surface area contributed by atoms with E-state index in [2.05, 4.69) is 59.4 Å². The van der Waals surface area contributed by atoms with Crippen molar-refractivity contribution in [1.29, 1.82) is 0 Å². The van der Waals surface area contributed by atoms with Gasteiger partial charge in [-0.1, -0.05) is 72.5 Å². The maximum absolute atomic E-state index is 14.4. The summed E-state index contributed by atoms with van der Waals surface area (Å²) in [4.78, 5) is 26.7. The molecule has 5 saturated carbocycles. The number of nitrogens with one attached hydrogen (secondary N) is 1. The number of carbonyl (C=O) groups is 2. The fraction of sp³-hybridized carbons (Fsp3) is 0.860. The quantitative estimate of drug-likeness (QED) is 0.0945. The van der Waals surface area contributed by atoms with E-state index >= 15 is 0 Å². The maximum Gasteiger partial charge on any atom is 0.302 e. The predicted molar refractivity (Wildman–Crippen MR) is 197 cm³/mol. The van der Waals surface area contributed by atoms with E-state index in [1.165, 1.54) is 50.5 Å². The summed E-state index contributed by atoms with van der Waals surface area (Å²) in [5, 5.41) is 3.50. The lowest BCUT2D eigenvalue weighted by Gasteiger charge is -2.73. The molecule has 1 unspecified atom stereocenters. The summed E-state index contributed by atoms with van der Waals surface area (Å²) in [5.74, 6) is 5.68. The van der Waals surface area contributed by atoms with E-state index in [0.717, 1.165) is 64.5 Å². The van der Waals surface area contributed by atoms with Crippen molar-refractivity contribution in [3.05, 3.63) is 12.2 Å². The molecule has 0 radical (unpaired) electrons. The highest BCUT2D eigenvalue weighted by atomic mass is 16.5. The molecule has 5 rings (SSSR count). The first-order valence-corrected chi connectivity index (χ1v) is 19.9. The molecule has 0 aromatic heterocycles. The van der Waals surface area contributed by atoms with Gasteiger partial charge >= 0.3 is 5.97 Å². The highest BCUT2D eigenvalue weighted by molar-refractivity contribution is 5.84. The van der Waals surface area contributed by atoms with Crippen LogP contribution in [0.4, 0.5) is 0 Å². The minimum Gasteiger partial charge on any atom is -0.462 e. The Bertz CT molecular complexity index is 1250. The lowest BCUT2D eigenvalue weighted by atomic mass is 9.31. The molecule has 0 aromatic carbocycles. The number of fused-ring (bicyclic) bond motifs is 7. The van der Waals surface area contributed by atoms with Crippen molar-refractivity contribution in [3.63, 3.8) is 0 Å². The SMILES string of the molecule is C#CC[C@@H]1C[C@]2(C)[C@H]3CC[C@@H]4[C@H]5C(C(=C)C)CC[C@]5(C(=O)NCCCCCCCCN)CC[C@@]4(C)[C@]3(C)CC[C@H]2C(C)(C)[C@H]1OC(C)=O. The van der Waals surface area contributed by atoms with Crippen molar-refractivity contribution in [1.82, 2.24) is 5.32 Å². The summed E-state index contributed by atoms with van der Waals surface area (Å²) in [6.45, 7) is 22.5. The zero-order valence-electron chi connectivity index (χ0n) is 31.9. The largest absolute Gasteiger partial charge is 0.462 e. The van der Waals surface area contributed by atoms with Crippen LogP contribution < -0.4 is 11.1 Å². The summed E-state index contributed by atoms with van der Waals surface area (Å²) in [5.41, 5.74) is 7.01. The third kappa shape index (κ3) is 6.01. The fourth-order valence-corrected chi connectivity index (χ4v) is 14.0. The molecule has 1 amide bonds. The summed E-state index contributed by atoms with van der Waals surface area (Å²) in [6.07, 6.45) is 23.6. The molecule has 0 aromatic rings. The van der Waals surface area contributed by atoms with E-state index in [-0.39, 0.29) is 45.1 Å². The van der Waals surface area contributed by atoms with E-state index in [9.17, 15) is 9.59 Å². The van der Waals surface area contributed by atoms with E-state index in [0.29, 0.717) is 41.9 Å². The van der Waals surface area contributed by atoms with Crippen LogP contribution in [0.25, 0.3) is 0 Å². The van der Waals surface area contributed by atoms with Crippen LogP contribution in [0.5, 0.6) is 0 Å². The Kier molecular flexibility index (Phi) is 11.0. The monoisotopic (exact) mass is 663 g/mol. The number of carbonyl (C=O) groups excluding carboxylic acids is 2. The first-order chi connectivity index (χ1) is 22.6. The number of rotatable bonds is 12. The predicted octanol–water partition coefficient (Wildman–Crippen LogP) is 9.24. The Morgan fingerprint density at radius 3 is 2.21 bits per heavy atom. The van der Waals surface area contributed by atoms with Crippen LogP contribution in [0, 0.1) is 74.9 Å². The van der Waals surface area contributed by atoms with Crippen LogP contribution in [0.2, 0.25) is 0 Å². The molecule has 48 heavy (non-hydrogen) atoms. The summed E-state index contributed by atoms with van der Waals surface area (Å²) < 4.78 is 6.12. The highest BCUT2D eigenvalue weighted by Gasteiger charge is 2.72. The minimum absolute atomic E-state index is 0.127. The van der Waals surface area contributed by atoms with E-state index in [4.69, 9.17) is 16.9 Å². The number of esters is 1. The van der Waals surface area contributed by atoms with Crippen LogP contribution in [-0.4, -0.2) is 31.1 Å². The Morgan fingerprint density at radius 1 is 0.875 bits per heavy atom. The molecule has 5 aliphatic carbocycles. The molecular formula is C43H70N2O3. The Hall–Kier alpha value is -1.80. The molecule has 3 N–H and O–H groups in total. The molecule has 5 heteroatoms. The molecule has 0 heterocycles. The van der Waals surface area contributed by atoms with Gasteiger partial charge in [-0.25, -0.2) is 0 Å². The Balaban J connectivity index is 1.40. The molecule has 0 aliphatic heterocycles. The van der Waals surface area contributed by atoms with Gasteiger partial charge in [0.1, 0.15) is 6.10 Å². The first-order valence-electron chi connectivity index (χ1n) is 19.9. The van der Waals surface area contributed by atoms with Gasteiger partial charge in [0.15, 0.2) is 0 Å². The molecule has 0 bridgehead atoms. The lowest BCUT2D eigenvalue weighted by Crippen LogP contribution is -2.68. The number of nitrogens with two attached hydrogens (primary N) is 1. The van der Waals surface area contributed by atoms with Crippen molar-refractivity contribution in [2.75, 3.05) is 13.1 Å². The number of ether oxygens (including phenoxy) is 1. The van der Waals surface area contributed by atoms with Crippen molar-refractivity contribution >= 4 is 11.9 Å². The number of hydrogen-bond acceptors (Lipinski definition) is 4. The second-order valence-electron chi connectivity index (χ2n) is 18.7. The number of terminal acetylenes is 1. The number of hydrogen-bond donors (Lipinski definition) is 2. The fourth-order valence-electron chi connectivity index (χ4n) is 14.0. The number of allylic oxidation sites excluding steroid dienone is 1. The van der Waals surface area contributed by atoms with Gasteiger partial charge < -0.3 is 15.8 Å². The van der Waals surface area contributed by atoms with Gasteiger partial charge in [0.25, 0.3) is 0 Å². The van der Waals surface area contributed by atoms with Gasteiger partial charge in [-0.05, 0) is 130 Å². The topological polar surface area (TPSA) is 81.4 Å². The molecule has 5 fully saturated rings. The molecule has 5 aliphatic rings. The van der Waals surface area contributed by atoms with Crippen LogP contribution in [0.15, 0.2) is 12.2 Å². The van der Waals surface area contributed by atoms with Crippen LogP contribution in [0.1, 0.15) is 151 Å². The summed E-state index contributed by atoms with van der Waals surface area (Å²) in [7, 11) is 0. The Morgan fingerprint density at radius 2 is 1.56 bits per heavy atom. The van der Waals surface area contributed by atoms with Gasteiger partial charge in [0.2, 0.25) is 5.91 Å². The Labute approximate surface area is 294 Å². The second-order valence-corrected chi connectivity index (χ2v) is 18.7. The molecule has 0 saturated heterocycles. The smallest absolute Gasteiger partial charge is 0.302 e. The average molecular weight is 663 g/mol. The summed E-state index contributed by atoms with van der Waals surface area (Å²) in [6, 6.07) is 0. The minimum atomic E-state index is -0.263. The van der Waals surface area contributed by atoms with E-state index < -0.39 is 0 Å². The van der Waals surface area contributed by atoms with Gasteiger partial charge in [-0.15, -0.1) is 12.3 Å². The highest BCUT2D eigenvalue weighted by Crippen LogP contribution is 2.78. The third-order valence-electron chi connectivity index (χ3n) is 16.1. The van der Waals surface area contributed by atoms with Crippen LogP contribution in [0.3, 0.4) is 0 Å². The van der Waals surface area contributed by atoms with Crippen molar-refractivity contribution in [3.8, 4) is 12.3 Å². The van der Waals surface area contributed by atoms with Crippen LogP contribution >= 0.6 is 0 Å². The van der Waals surface area contributed by atoms with Gasteiger partial charge in [-0.3, -0.25) is 9.59 Å². The zero-order chi connectivity index (χ0) is 35.1. The standard InChI is InChI=1S/C43H70N2O3/c1-10-17-31-28-40(7)34(39(5,6)37(31)48-30(4)46)21-22-42(9)35(40)19-18-33-36-32(29(2)3)20-23-43(36,25-24-41(33,42)8)38(47)45-27-16-14-12-11-13-15-26-44/h1,31-37H,2,11-28,44H2,3-9H3,(H,45,47)/t31-,32?,33-,34+,35-,36-,37+,40+,41-,42-,43+/m1/s1. The zero-order valence-corrected chi connectivity index (χ0v) is 31.9. The first kappa shape index (κ1) is 37.5. The number of amides is 1. The molecular weight excluding hydrogens is 592 g/mol. The number of unbranched alkanes of at least 4 members (excludes halogenated alkanes) is 5. The van der Waals surface area contributed by atoms with Gasteiger partial charge in [-0.2, -0.15) is 0 Å². The van der Waals surface area contributed by atoms with Gasteiger partial charge in [0.05, 0.1) is 5.41 Å². The maximum atomic E-state index is 14.4. The summed E-state index contributed by atoms with van der Waals surface area (Å²) >= 11 is 0. The molecule has 270 valence electrons. The van der Waals surface area contributed by atoms with Crippen molar-refractivity contribution < 1.29 is 14.3 Å². The molecule has 5 nitrogen and oxygen atoms in total. The lowest BCUT2D eigenvalue weighted by molar-refractivity contribution is -0.258. The van der Waals surface area contributed by atoms with Crippen molar-refractivity contribution in [2.45, 2.75) is 157 Å².